The van der Waals surface area contributed by atoms with Gasteiger partial charge in [-0.15, -0.1) is 23.1 Å². The van der Waals surface area contributed by atoms with Crippen LogP contribution in [0.15, 0.2) is 108 Å². The minimum absolute atomic E-state index is 0.166. The quantitative estimate of drug-likeness (QED) is 0.160. The number of hydrogen-bond donors (Lipinski definition) is 2. The average Bonchev–Trinajstić information content (AvgIpc) is 3.40. The molecule has 5 aromatic rings. The molecule has 0 aliphatic heterocycles. The van der Waals surface area contributed by atoms with Crippen molar-refractivity contribution >= 4 is 45.7 Å². The molecule has 0 saturated heterocycles. The van der Waals surface area contributed by atoms with Gasteiger partial charge >= 0.3 is 0 Å². The molecule has 0 aliphatic rings. The highest BCUT2D eigenvalue weighted by Gasteiger charge is 2.24. The van der Waals surface area contributed by atoms with Gasteiger partial charge in [-0.1, -0.05) is 66.7 Å². The SMILES string of the molecule is COc1cccc(OC)c1C(=O)Nc1ccc(SC(C(=O)Nc2nc(-c3ccccc3)c(C)s2)c2ccccc2)cc1. The smallest absolute Gasteiger partial charge is 0.263 e. The van der Waals surface area contributed by atoms with Crippen LogP contribution in [0.3, 0.4) is 0 Å². The van der Waals surface area contributed by atoms with Crippen LogP contribution in [0.2, 0.25) is 0 Å². The van der Waals surface area contributed by atoms with Crippen molar-refractivity contribution in [1.82, 2.24) is 4.98 Å². The molecule has 1 aromatic heterocycles. The molecule has 7 nitrogen and oxygen atoms in total. The molecule has 0 radical (unpaired) electrons. The van der Waals surface area contributed by atoms with Crippen LogP contribution in [0.25, 0.3) is 11.3 Å². The summed E-state index contributed by atoms with van der Waals surface area (Å²) in [5.74, 6) is 0.323. The Bertz CT molecular complexity index is 1650. The number of thiazole rings is 1. The first kappa shape index (κ1) is 28.9. The van der Waals surface area contributed by atoms with Crippen LogP contribution >= 0.6 is 23.1 Å². The van der Waals surface area contributed by atoms with E-state index in [9.17, 15) is 9.59 Å². The fourth-order valence-corrected chi connectivity index (χ4v) is 6.27. The maximum Gasteiger partial charge on any atom is 0.263 e. The summed E-state index contributed by atoms with van der Waals surface area (Å²) in [6.45, 7) is 2.00. The van der Waals surface area contributed by atoms with Crippen LogP contribution in [0.5, 0.6) is 11.5 Å². The maximum absolute atomic E-state index is 13.6. The maximum atomic E-state index is 13.6. The number of thioether (sulfide) groups is 1. The van der Waals surface area contributed by atoms with Gasteiger partial charge in [0.1, 0.15) is 22.3 Å². The lowest BCUT2D eigenvalue weighted by molar-refractivity contribution is -0.115. The van der Waals surface area contributed by atoms with Gasteiger partial charge in [0.2, 0.25) is 5.91 Å². The van der Waals surface area contributed by atoms with Gasteiger partial charge in [0.15, 0.2) is 5.13 Å². The standard InChI is InChI=1S/C33H29N3O4S2/c1-21-29(22-11-6-4-7-12-22)35-33(41-21)36-32(38)30(23-13-8-5-9-14-23)42-25-19-17-24(18-20-25)34-31(37)28-26(39-2)15-10-16-27(28)40-3/h4-20,30H,1-3H3,(H,34,37)(H,35,36,38). The van der Waals surface area contributed by atoms with Crippen molar-refractivity contribution in [3.05, 3.63) is 119 Å². The van der Waals surface area contributed by atoms with Crippen LogP contribution in [0, 0.1) is 6.92 Å². The van der Waals surface area contributed by atoms with E-state index in [1.165, 1.54) is 37.3 Å². The molecule has 2 N–H and O–H groups in total. The van der Waals surface area contributed by atoms with Crippen molar-refractivity contribution in [2.24, 2.45) is 0 Å². The van der Waals surface area contributed by atoms with Gasteiger partial charge in [0.05, 0.1) is 19.9 Å². The Hall–Kier alpha value is -4.60. The summed E-state index contributed by atoms with van der Waals surface area (Å²) in [4.78, 5) is 33.3. The number of nitrogens with zero attached hydrogens (tertiary/aromatic N) is 1. The van der Waals surface area contributed by atoms with Gasteiger partial charge < -0.3 is 20.1 Å². The summed E-state index contributed by atoms with van der Waals surface area (Å²) >= 11 is 2.88. The van der Waals surface area contributed by atoms with E-state index in [0.717, 1.165) is 26.6 Å². The lowest BCUT2D eigenvalue weighted by Crippen LogP contribution is -2.19. The molecule has 0 spiro atoms. The Balaban J connectivity index is 1.32. The van der Waals surface area contributed by atoms with E-state index in [0.29, 0.717) is 27.9 Å². The van der Waals surface area contributed by atoms with Gasteiger partial charge in [-0.05, 0) is 48.9 Å². The number of anilines is 2. The molecule has 1 atom stereocenters. The lowest BCUT2D eigenvalue weighted by atomic mass is 10.1. The molecule has 5 rings (SSSR count). The highest BCUT2D eigenvalue weighted by atomic mass is 32.2. The number of methoxy groups -OCH3 is 2. The first-order valence-electron chi connectivity index (χ1n) is 13.1. The molecule has 1 heterocycles. The first-order valence-corrected chi connectivity index (χ1v) is 14.8. The molecule has 1 unspecified atom stereocenters. The zero-order valence-electron chi connectivity index (χ0n) is 23.3. The fourth-order valence-electron chi connectivity index (χ4n) is 4.41. The highest BCUT2D eigenvalue weighted by molar-refractivity contribution is 8.00. The van der Waals surface area contributed by atoms with E-state index in [2.05, 4.69) is 10.6 Å². The number of ether oxygens (including phenoxy) is 2. The molecule has 9 heteroatoms. The summed E-state index contributed by atoms with van der Waals surface area (Å²) in [7, 11) is 3.02. The minimum atomic E-state index is -0.520. The third kappa shape index (κ3) is 6.64. The van der Waals surface area contributed by atoms with Gasteiger partial charge in [0.25, 0.3) is 5.91 Å². The van der Waals surface area contributed by atoms with Crippen molar-refractivity contribution in [1.29, 1.82) is 0 Å². The second-order valence-corrected chi connectivity index (χ2v) is 11.6. The van der Waals surface area contributed by atoms with Crippen molar-refractivity contribution in [3.8, 4) is 22.8 Å². The van der Waals surface area contributed by atoms with E-state index in [4.69, 9.17) is 14.5 Å². The van der Waals surface area contributed by atoms with Crippen molar-refractivity contribution in [2.75, 3.05) is 24.9 Å². The summed E-state index contributed by atoms with van der Waals surface area (Å²) in [6.07, 6.45) is 0. The molecule has 0 fully saturated rings. The van der Waals surface area contributed by atoms with Crippen LogP contribution in [0.4, 0.5) is 10.8 Å². The van der Waals surface area contributed by atoms with Gasteiger partial charge in [-0.2, -0.15) is 0 Å². The van der Waals surface area contributed by atoms with E-state index in [1.54, 1.807) is 30.3 Å². The zero-order valence-corrected chi connectivity index (χ0v) is 24.9. The number of aryl methyl sites for hydroxylation is 1. The molecule has 2 amide bonds. The summed E-state index contributed by atoms with van der Waals surface area (Å²) in [6, 6.07) is 32.1. The molecule has 0 aliphatic carbocycles. The number of hydrogen-bond acceptors (Lipinski definition) is 7. The van der Waals surface area contributed by atoms with Crippen LogP contribution in [-0.4, -0.2) is 31.0 Å². The van der Waals surface area contributed by atoms with Crippen LogP contribution in [-0.2, 0) is 4.79 Å². The van der Waals surface area contributed by atoms with Gasteiger partial charge in [0, 0.05) is 21.0 Å². The molecule has 0 saturated carbocycles. The molecule has 42 heavy (non-hydrogen) atoms. The van der Waals surface area contributed by atoms with Crippen molar-refractivity contribution in [3.63, 3.8) is 0 Å². The van der Waals surface area contributed by atoms with Gasteiger partial charge in [-0.25, -0.2) is 4.98 Å². The Morgan fingerprint density at radius 2 is 1.40 bits per heavy atom. The second-order valence-electron chi connectivity index (χ2n) is 9.20. The van der Waals surface area contributed by atoms with Crippen molar-refractivity contribution in [2.45, 2.75) is 17.1 Å². The summed E-state index contributed by atoms with van der Waals surface area (Å²) in [5.41, 5.74) is 3.66. The number of nitrogens with one attached hydrogen (secondary N) is 2. The predicted octanol–water partition coefficient (Wildman–Crippen LogP) is 7.86. The summed E-state index contributed by atoms with van der Waals surface area (Å²) < 4.78 is 10.7. The number of aromatic nitrogens is 1. The van der Waals surface area contributed by atoms with Crippen LogP contribution in [0.1, 0.15) is 26.0 Å². The average molecular weight is 596 g/mol. The Morgan fingerprint density at radius 3 is 2.02 bits per heavy atom. The van der Waals surface area contributed by atoms with E-state index >= 15 is 0 Å². The predicted molar refractivity (Wildman–Crippen MR) is 170 cm³/mol. The molecule has 0 bridgehead atoms. The molecule has 212 valence electrons. The van der Waals surface area contributed by atoms with Crippen molar-refractivity contribution < 1.29 is 19.1 Å². The van der Waals surface area contributed by atoms with Gasteiger partial charge in [-0.3, -0.25) is 9.59 Å². The highest BCUT2D eigenvalue weighted by Crippen LogP contribution is 2.38. The minimum Gasteiger partial charge on any atom is -0.496 e. The van der Waals surface area contributed by atoms with E-state index < -0.39 is 5.25 Å². The number of amides is 2. The Morgan fingerprint density at radius 1 is 0.786 bits per heavy atom. The number of benzene rings is 4. The second kappa shape index (κ2) is 13.4. The van der Waals surface area contributed by atoms with E-state index in [-0.39, 0.29) is 11.8 Å². The first-order chi connectivity index (χ1) is 20.5. The van der Waals surface area contributed by atoms with E-state index in [1.807, 2.05) is 79.7 Å². The fraction of sp³-hybridized carbons (Fsp3) is 0.121. The zero-order chi connectivity index (χ0) is 29.5. The largest absolute Gasteiger partial charge is 0.496 e. The van der Waals surface area contributed by atoms with Crippen LogP contribution < -0.4 is 20.1 Å². The molecule has 4 aromatic carbocycles. The third-order valence-corrected chi connectivity index (χ3v) is 8.59. The Labute approximate surface area is 252 Å². The Kier molecular flexibility index (Phi) is 9.21. The number of rotatable bonds is 10. The normalized spacial score (nSPS) is 11.4. The monoisotopic (exact) mass is 595 g/mol. The molecular weight excluding hydrogens is 567 g/mol. The third-order valence-electron chi connectivity index (χ3n) is 6.44. The topological polar surface area (TPSA) is 89.5 Å². The lowest BCUT2D eigenvalue weighted by Gasteiger charge is -2.17. The molecular formula is C33H29N3O4S2. The number of carbonyl (C=O) groups is 2. The summed E-state index contributed by atoms with van der Waals surface area (Å²) in [5, 5.41) is 5.98. The number of carbonyl (C=O) groups excluding carboxylic acids is 2.